The summed E-state index contributed by atoms with van der Waals surface area (Å²) in [5.41, 5.74) is 1.93. The van der Waals surface area contributed by atoms with Crippen LogP contribution in [0.4, 0.5) is 4.39 Å². The highest BCUT2D eigenvalue weighted by Crippen LogP contribution is 2.17. The van der Waals surface area contributed by atoms with Gasteiger partial charge in [-0.1, -0.05) is 12.1 Å². The minimum Gasteiger partial charge on any atom is -0.331 e. The van der Waals surface area contributed by atoms with Crippen molar-refractivity contribution in [1.82, 2.24) is 19.4 Å². The fourth-order valence-electron chi connectivity index (χ4n) is 2.66. The monoisotopic (exact) mass is 314 g/mol. The van der Waals surface area contributed by atoms with Gasteiger partial charge in [-0.3, -0.25) is 4.79 Å². The molecule has 0 fully saturated rings. The second kappa shape index (κ2) is 6.34. The van der Waals surface area contributed by atoms with Crippen molar-refractivity contribution in [3.05, 3.63) is 64.1 Å². The number of rotatable bonds is 5. The number of imidazole rings is 1. The van der Waals surface area contributed by atoms with Crippen LogP contribution in [-0.4, -0.2) is 20.7 Å². The number of benzene rings is 1. The summed E-state index contributed by atoms with van der Waals surface area (Å²) < 4.78 is 17.2. The third-order valence-corrected chi connectivity index (χ3v) is 4.00. The third-order valence-electron chi connectivity index (χ3n) is 4.00. The van der Waals surface area contributed by atoms with Crippen molar-refractivity contribution in [2.75, 3.05) is 6.54 Å². The van der Waals surface area contributed by atoms with Gasteiger partial charge in [0.15, 0.2) is 5.82 Å². The second-order valence-corrected chi connectivity index (χ2v) is 5.57. The van der Waals surface area contributed by atoms with Gasteiger partial charge in [-0.2, -0.15) is 0 Å². The Morgan fingerprint density at radius 1 is 1.22 bits per heavy atom. The quantitative estimate of drug-likeness (QED) is 0.730. The Morgan fingerprint density at radius 2 is 2.04 bits per heavy atom. The minimum absolute atomic E-state index is 0.00445. The molecular weight excluding hydrogens is 295 g/mol. The predicted molar refractivity (Wildman–Crippen MR) is 87.8 cm³/mol. The van der Waals surface area contributed by atoms with Crippen molar-refractivity contribution in [2.24, 2.45) is 14.1 Å². The molecule has 0 amide bonds. The van der Waals surface area contributed by atoms with Crippen LogP contribution in [0.15, 0.2) is 41.3 Å². The zero-order chi connectivity index (χ0) is 16.4. The average molecular weight is 314 g/mol. The Morgan fingerprint density at radius 3 is 2.83 bits per heavy atom. The molecule has 0 radical (unpaired) electrons. The number of hydrogen-bond acceptors (Lipinski definition) is 3. The fraction of sp³-hybridized carbons (Fsp3) is 0.294. The van der Waals surface area contributed by atoms with Crippen LogP contribution < -0.4 is 10.9 Å². The summed E-state index contributed by atoms with van der Waals surface area (Å²) in [6, 6.07) is 8.64. The van der Waals surface area contributed by atoms with Crippen LogP contribution >= 0.6 is 0 Å². The molecule has 2 aromatic heterocycles. The first kappa shape index (κ1) is 15.4. The molecule has 0 saturated heterocycles. The normalized spacial score (nSPS) is 11.3. The first-order chi connectivity index (χ1) is 11.1. The lowest BCUT2D eigenvalue weighted by molar-refractivity contribution is 0.635. The number of aromatic nitrogens is 3. The van der Waals surface area contributed by atoms with Gasteiger partial charge in [-0.05, 0) is 18.2 Å². The van der Waals surface area contributed by atoms with Gasteiger partial charge >= 0.3 is 0 Å². The molecule has 120 valence electrons. The van der Waals surface area contributed by atoms with E-state index in [1.54, 1.807) is 23.9 Å². The molecule has 0 spiro atoms. The highest BCUT2D eigenvalue weighted by Gasteiger charge is 2.10. The molecule has 3 rings (SSSR count). The van der Waals surface area contributed by atoms with E-state index in [4.69, 9.17) is 0 Å². The fourth-order valence-corrected chi connectivity index (χ4v) is 2.66. The van der Waals surface area contributed by atoms with Crippen molar-refractivity contribution in [1.29, 1.82) is 0 Å². The summed E-state index contributed by atoms with van der Waals surface area (Å²) in [4.78, 5) is 16.3. The molecule has 0 bridgehead atoms. The van der Waals surface area contributed by atoms with Crippen LogP contribution in [0.3, 0.4) is 0 Å². The Balaban J connectivity index is 1.65. The number of fused-ring (bicyclic) bond motifs is 1. The molecular formula is C17H19FN4O. The first-order valence-electron chi connectivity index (χ1n) is 7.53. The molecule has 23 heavy (non-hydrogen) atoms. The number of halogens is 1. The van der Waals surface area contributed by atoms with Gasteiger partial charge in [0.25, 0.3) is 5.56 Å². The van der Waals surface area contributed by atoms with E-state index in [1.807, 2.05) is 29.8 Å². The van der Waals surface area contributed by atoms with Crippen molar-refractivity contribution >= 4 is 11.0 Å². The van der Waals surface area contributed by atoms with E-state index >= 15 is 0 Å². The van der Waals surface area contributed by atoms with E-state index in [2.05, 4.69) is 10.3 Å². The second-order valence-electron chi connectivity index (χ2n) is 5.57. The number of para-hydroxylation sites is 1. The molecule has 6 heteroatoms. The Bertz CT molecular complexity index is 897. The highest BCUT2D eigenvalue weighted by atomic mass is 19.1. The van der Waals surface area contributed by atoms with Crippen LogP contribution in [0.25, 0.3) is 11.0 Å². The summed E-state index contributed by atoms with van der Waals surface area (Å²) in [6.07, 6.45) is 2.40. The van der Waals surface area contributed by atoms with E-state index in [9.17, 15) is 9.18 Å². The summed E-state index contributed by atoms with van der Waals surface area (Å²) in [5.74, 6) is 0.517. The predicted octanol–water partition coefficient (Wildman–Crippen LogP) is 1.74. The number of hydrogen-bond donors (Lipinski definition) is 1. The molecule has 5 nitrogen and oxygen atoms in total. The first-order valence-corrected chi connectivity index (χ1v) is 7.53. The van der Waals surface area contributed by atoms with Crippen molar-refractivity contribution in [2.45, 2.75) is 13.0 Å². The lowest BCUT2D eigenvalue weighted by Crippen LogP contribution is -2.26. The third kappa shape index (κ3) is 3.03. The maximum Gasteiger partial charge on any atom is 0.254 e. The van der Waals surface area contributed by atoms with Crippen LogP contribution in [0.2, 0.25) is 0 Å². The van der Waals surface area contributed by atoms with E-state index in [0.717, 1.165) is 16.9 Å². The van der Waals surface area contributed by atoms with E-state index in [0.29, 0.717) is 25.0 Å². The Kier molecular flexibility index (Phi) is 4.25. The molecule has 0 saturated carbocycles. The number of nitrogens with one attached hydrogen (secondary N) is 1. The number of nitrogens with zero attached hydrogens (tertiary/aromatic N) is 3. The minimum atomic E-state index is -0.301. The van der Waals surface area contributed by atoms with Crippen LogP contribution in [0.5, 0.6) is 0 Å². The molecule has 3 aromatic rings. The van der Waals surface area contributed by atoms with E-state index < -0.39 is 0 Å². The molecule has 1 aromatic carbocycles. The largest absolute Gasteiger partial charge is 0.331 e. The molecule has 0 unspecified atom stereocenters. The van der Waals surface area contributed by atoms with Crippen molar-refractivity contribution in [3.63, 3.8) is 0 Å². The van der Waals surface area contributed by atoms with Gasteiger partial charge in [0.2, 0.25) is 0 Å². The zero-order valence-electron chi connectivity index (χ0n) is 13.2. The van der Waals surface area contributed by atoms with E-state index in [-0.39, 0.29) is 11.4 Å². The van der Waals surface area contributed by atoms with Crippen LogP contribution in [-0.2, 0) is 27.1 Å². The summed E-state index contributed by atoms with van der Waals surface area (Å²) >= 11 is 0. The van der Waals surface area contributed by atoms with Gasteiger partial charge in [0, 0.05) is 45.4 Å². The van der Waals surface area contributed by atoms with Crippen molar-refractivity contribution < 1.29 is 4.39 Å². The number of aryl methyl sites for hydroxylation is 2. The van der Waals surface area contributed by atoms with Crippen LogP contribution in [0, 0.1) is 5.82 Å². The average Bonchev–Trinajstić information content (AvgIpc) is 2.86. The lowest BCUT2D eigenvalue weighted by Gasteiger charge is -2.06. The molecule has 0 aliphatic heterocycles. The van der Waals surface area contributed by atoms with Gasteiger partial charge in [0.05, 0.1) is 5.52 Å². The Hall–Kier alpha value is -2.47. The summed E-state index contributed by atoms with van der Waals surface area (Å²) in [7, 11) is 3.62. The van der Waals surface area contributed by atoms with Gasteiger partial charge in [0.1, 0.15) is 11.3 Å². The number of pyridine rings is 1. The topological polar surface area (TPSA) is 51.9 Å². The summed E-state index contributed by atoms with van der Waals surface area (Å²) in [6.45, 7) is 1.17. The van der Waals surface area contributed by atoms with Crippen LogP contribution in [0.1, 0.15) is 11.4 Å². The molecule has 1 N–H and O–H groups in total. The standard InChI is InChI=1S/C17H19FN4O/c1-21-10-4-5-12(17(21)23)11-19-9-8-15-20-16-13(18)6-3-7-14(16)22(15)2/h3-7,10,19H,8-9,11H2,1-2H3. The molecule has 2 heterocycles. The molecule has 0 atom stereocenters. The SMILES string of the molecule is Cn1cccc(CNCCc2nc3c(F)cccc3n2C)c1=O. The maximum absolute atomic E-state index is 13.7. The molecule has 0 aliphatic rings. The van der Waals surface area contributed by atoms with Gasteiger partial charge in [-0.25, -0.2) is 9.37 Å². The summed E-state index contributed by atoms with van der Waals surface area (Å²) in [5, 5.41) is 3.24. The molecule has 0 aliphatic carbocycles. The lowest BCUT2D eigenvalue weighted by atomic mass is 10.2. The van der Waals surface area contributed by atoms with Crippen molar-refractivity contribution in [3.8, 4) is 0 Å². The van der Waals surface area contributed by atoms with E-state index in [1.165, 1.54) is 6.07 Å². The van der Waals surface area contributed by atoms with Gasteiger partial charge < -0.3 is 14.5 Å². The smallest absolute Gasteiger partial charge is 0.254 e. The zero-order valence-corrected chi connectivity index (χ0v) is 13.2. The Labute approximate surface area is 133 Å². The highest BCUT2D eigenvalue weighted by molar-refractivity contribution is 5.76. The van der Waals surface area contributed by atoms with Gasteiger partial charge in [-0.15, -0.1) is 0 Å². The maximum atomic E-state index is 13.7.